The maximum Gasteiger partial charge on any atom is 0.271 e. The number of halogens is 2. The number of hydrogen-bond acceptors (Lipinski definition) is 5. The van der Waals surface area contributed by atoms with Crippen molar-refractivity contribution in [1.82, 2.24) is 30.0 Å². The molecule has 2 aromatic heterocycles. The van der Waals surface area contributed by atoms with E-state index in [1.54, 1.807) is 16.5 Å². The van der Waals surface area contributed by atoms with Crippen molar-refractivity contribution in [2.45, 2.75) is 45.7 Å². The van der Waals surface area contributed by atoms with E-state index in [0.29, 0.717) is 36.3 Å². The summed E-state index contributed by atoms with van der Waals surface area (Å²) in [5.41, 5.74) is 1.99. The number of benzene rings is 1. The molecule has 36 heavy (non-hydrogen) atoms. The van der Waals surface area contributed by atoms with E-state index in [2.05, 4.69) is 53.2 Å². The molecular formula is C25H31Cl2N7O2. The second kappa shape index (κ2) is 9.78. The van der Waals surface area contributed by atoms with Gasteiger partial charge in [-0.3, -0.25) is 14.7 Å². The molecule has 1 saturated heterocycles. The summed E-state index contributed by atoms with van der Waals surface area (Å²) >= 11 is 12.9. The number of carbonyl (C=O) groups excluding carboxylic acids is 2. The van der Waals surface area contributed by atoms with E-state index in [9.17, 15) is 9.59 Å². The molecule has 2 atom stereocenters. The van der Waals surface area contributed by atoms with Crippen LogP contribution in [-0.2, 0) is 23.8 Å². The van der Waals surface area contributed by atoms with Gasteiger partial charge in [0.15, 0.2) is 11.0 Å². The van der Waals surface area contributed by atoms with E-state index in [4.69, 9.17) is 23.2 Å². The summed E-state index contributed by atoms with van der Waals surface area (Å²) in [6.45, 7) is 13.1. The number of anilines is 1. The first kappa shape index (κ1) is 26.0. The van der Waals surface area contributed by atoms with Gasteiger partial charge in [-0.15, -0.1) is 0 Å². The Labute approximate surface area is 220 Å². The molecule has 2 amide bonds. The Kier molecular flexibility index (Phi) is 7.07. The van der Waals surface area contributed by atoms with Crippen LogP contribution in [0.1, 0.15) is 49.6 Å². The molecule has 3 N–H and O–H groups in total. The van der Waals surface area contributed by atoms with Gasteiger partial charge in [-0.2, -0.15) is 5.10 Å². The molecule has 0 saturated carbocycles. The van der Waals surface area contributed by atoms with Gasteiger partial charge in [-0.1, -0.05) is 57.5 Å². The number of likely N-dealkylation sites (tertiary alicyclic amines) is 1. The molecule has 1 aliphatic rings. The first-order valence-electron chi connectivity index (χ1n) is 11.8. The average molecular weight is 532 g/mol. The highest BCUT2D eigenvalue weighted by Gasteiger charge is 2.34. The lowest BCUT2D eigenvalue weighted by molar-refractivity contribution is -0.125. The van der Waals surface area contributed by atoms with Crippen LogP contribution < -0.4 is 10.6 Å². The van der Waals surface area contributed by atoms with E-state index < -0.39 is 0 Å². The summed E-state index contributed by atoms with van der Waals surface area (Å²) in [6, 6.07) is 3.73. The maximum absolute atomic E-state index is 13.1. The van der Waals surface area contributed by atoms with E-state index in [1.165, 1.54) is 6.08 Å². The summed E-state index contributed by atoms with van der Waals surface area (Å²) in [5, 5.41) is 15.4. The third kappa shape index (κ3) is 4.95. The Morgan fingerprint density at radius 1 is 1.28 bits per heavy atom. The maximum atomic E-state index is 13.1. The second-order valence-electron chi connectivity index (χ2n) is 10.3. The van der Waals surface area contributed by atoms with Crippen molar-refractivity contribution >= 4 is 51.7 Å². The highest BCUT2D eigenvalue weighted by atomic mass is 35.5. The van der Waals surface area contributed by atoms with Crippen molar-refractivity contribution in [2.75, 3.05) is 18.4 Å². The van der Waals surface area contributed by atoms with E-state index in [-0.39, 0.29) is 40.0 Å². The molecule has 0 spiro atoms. The summed E-state index contributed by atoms with van der Waals surface area (Å²) in [7, 11) is 1.75. The van der Waals surface area contributed by atoms with Gasteiger partial charge in [0.25, 0.3) is 5.91 Å². The fourth-order valence-corrected chi connectivity index (χ4v) is 5.28. The van der Waals surface area contributed by atoms with E-state index >= 15 is 0 Å². The van der Waals surface area contributed by atoms with E-state index in [1.807, 2.05) is 19.1 Å². The van der Waals surface area contributed by atoms with Crippen LogP contribution >= 0.6 is 23.2 Å². The Bertz CT molecular complexity index is 1340. The summed E-state index contributed by atoms with van der Waals surface area (Å²) in [4.78, 5) is 31.1. The molecule has 1 aromatic carbocycles. The van der Waals surface area contributed by atoms with Crippen LogP contribution in [0.3, 0.4) is 0 Å². The molecule has 0 aliphatic carbocycles. The number of aromatic nitrogens is 4. The van der Waals surface area contributed by atoms with Crippen molar-refractivity contribution < 1.29 is 9.59 Å². The van der Waals surface area contributed by atoms with Gasteiger partial charge in [0.05, 0.1) is 18.1 Å². The van der Waals surface area contributed by atoms with Crippen LogP contribution in [0.5, 0.6) is 0 Å². The third-order valence-electron chi connectivity index (χ3n) is 6.65. The predicted octanol–water partition coefficient (Wildman–Crippen LogP) is 4.28. The average Bonchev–Trinajstić information content (AvgIpc) is 3.45. The largest absolute Gasteiger partial charge is 0.361 e. The zero-order chi connectivity index (χ0) is 26.4. The number of carbonyl (C=O) groups is 2. The number of hydrogen-bond donors (Lipinski definition) is 3. The second-order valence-corrected chi connectivity index (χ2v) is 11.0. The first-order valence-corrected chi connectivity index (χ1v) is 12.5. The zero-order valence-electron chi connectivity index (χ0n) is 21.1. The highest BCUT2D eigenvalue weighted by molar-refractivity contribution is 6.32. The van der Waals surface area contributed by atoms with Crippen LogP contribution in [0.25, 0.3) is 10.9 Å². The predicted molar refractivity (Wildman–Crippen MR) is 143 cm³/mol. The van der Waals surface area contributed by atoms with Gasteiger partial charge < -0.3 is 20.1 Å². The summed E-state index contributed by atoms with van der Waals surface area (Å²) < 4.78 is 1.67. The minimum absolute atomic E-state index is 0.102. The van der Waals surface area contributed by atoms with Crippen LogP contribution in [-0.4, -0.2) is 55.6 Å². The lowest BCUT2D eigenvalue weighted by atomic mass is 9.86. The smallest absolute Gasteiger partial charge is 0.271 e. The highest BCUT2D eigenvalue weighted by Crippen LogP contribution is 2.34. The number of imidazole rings is 1. The Balaban J connectivity index is 1.50. The Morgan fingerprint density at radius 3 is 2.67 bits per heavy atom. The monoisotopic (exact) mass is 531 g/mol. The number of fused-ring (bicyclic) bond motifs is 1. The lowest BCUT2D eigenvalue weighted by Crippen LogP contribution is -2.41. The zero-order valence-corrected chi connectivity index (χ0v) is 22.6. The fourth-order valence-electron chi connectivity index (χ4n) is 4.52. The summed E-state index contributed by atoms with van der Waals surface area (Å²) in [5.74, 6) is 0.859. The normalized spacial score (nSPS) is 18.0. The van der Waals surface area contributed by atoms with Crippen LogP contribution in [0.2, 0.25) is 10.2 Å². The Morgan fingerprint density at radius 2 is 2.00 bits per heavy atom. The SMILES string of the molecule is C=CC(=O)N1C[C@@H](C)[C@@H](NC(=O)c2c(Cl)nc(CNc3n[nH]c4cc(Cl)c(C(C)(C)C)cc34)n2C)C1. The van der Waals surface area contributed by atoms with Crippen molar-refractivity contribution in [2.24, 2.45) is 13.0 Å². The minimum atomic E-state index is -0.333. The molecule has 192 valence electrons. The number of nitrogens with zero attached hydrogens (tertiary/aromatic N) is 4. The molecule has 1 aliphatic heterocycles. The van der Waals surface area contributed by atoms with Crippen LogP contribution in [0, 0.1) is 5.92 Å². The number of H-pyrrole nitrogens is 1. The molecule has 1 fully saturated rings. The van der Waals surface area contributed by atoms with E-state index in [0.717, 1.165) is 16.5 Å². The number of aromatic amines is 1. The Hall–Kier alpha value is -3.04. The van der Waals surface area contributed by atoms with Crippen LogP contribution in [0.15, 0.2) is 24.8 Å². The molecule has 0 radical (unpaired) electrons. The lowest BCUT2D eigenvalue weighted by Gasteiger charge is -2.20. The van der Waals surface area contributed by atoms with Gasteiger partial charge in [-0.25, -0.2) is 4.98 Å². The van der Waals surface area contributed by atoms with Crippen molar-refractivity contribution in [1.29, 1.82) is 0 Å². The van der Waals surface area contributed by atoms with Crippen LogP contribution in [0.4, 0.5) is 5.82 Å². The molecule has 4 rings (SSSR count). The summed E-state index contributed by atoms with van der Waals surface area (Å²) in [6.07, 6.45) is 1.29. The molecule has 3 heterocycles. The van der Waals surface area contributed by atoms with Gasteiger partial charge >= 0.3 is 0 Å². The van der Waals surface area contributed by atoms with Crippen molar-refractivity contribution in [3.8, 4) is 0 Å². The van der Waals surface area contributed by atoms with Crippen molar-refractivity contribution in [3.63, 3.8) is 0 Å². The molecule has 9 nitrogen and oxygen atoms in total. The molecule has 3 aromatic rings. The number of amides is 2. The minimum Gasteiger partial charge on any atom is -0.361 e. The number of nitrogens with one attached hydrogen (secondary N) is 3. The van der Waals surface area contributed by atoms with Crippen molar-refractivity contribution in [3.05, 3.63) is 52.0 Å². The fraction of sp³-hybridized carbons (Fsp3) is 0.440. The molecular weight excluding hydrogens is 501 g/mol. The molecule has 0 unspecified atom stereocenters. The van der Waals surface area contributed by atoms with Gasteiger partial charge in [0, 0.05) is 30.5 Å². The first-order chi connectivity index (χ1) is 16.9. The van der Waals surface area contributed by atoms with Gasteiger partial charge in [-0.05, 0) is 35.1 Å². The standard InChI is InChI=1S/C25H31Cl2N7O2/c1-7-20(35)34-11-13(2)18(12-34)29-24(36)21-22(27)30-19(33(21)6)10-28-23-14-8-15(25(3,4)5)16(26)9-17(14)31-32-23/h7-9,13,18H,1,10-12H2,2-6H3,(H,29,36)(H2,28,31,32)/t13-,18+/m1/s1. The molecule has 0 bridgehead atoms. The topological polar surface area (TPSA) is 108 Å². The quantitative estimate of drug-likeness (QED) is 0.411. The van der Waals surface area contributed by atoms with Gasteiger partial charge in [0.2, 0.25) is 5.91 Å². The number of rotatable bonds is 6. The molecule has 11 heteroatoms. The third-order valence-corrected chi connectivity index (χ3v) is 7.22. The van der Waals surface area contributed by atoms with Gasteiger partial charge in [0.1, 0.15) is 11.5 Å².